The van der Waals surface area contributed by atoms with E-state index in [2.05, 4.69) is 77.0 Å². The van der Waals surface area contributed by atoms with Crippen molar-refractivity contribution >= 4 is 28.7 Å². The van der Waals surface area contributed by atoms with Gasteiger partial charge in [0.05, 0.1) is 0 Å². The van der Waals surface area contributed by atoms with Crippen LogP contribution in [-0.2, 0) is 0 Å². The molecule has 4 rings (SSSR count). The van der Waals surface area contributed by atoms with E-state index in [-0.39, 0.29) is 0 Å². The minimum absolute atomic E-state index is 0.596. The van der Waals surface area contributed by atoms with Gasteiger partial charge in [-0.15, -0.1) is 0 Å². The highest BCUT2D eigenvalue weighted by atomic mass is 15.3. The fourth-order valence-corrected chi connectivity index (χ4v) is 3.99. The average molecular weight is 403 g/mol. The number of aryl methyl sites for hydroxylation is 2. The molecule has 0 bridgehead atoms. The molecule has 0 unspecified atom stereocenters. The fourth-order valence-electron chi connectivity index (χ4n) is 3.99. The SMILES string of the molecule is Cc1cccc(Nc2ncnc(N3CCN(c4cccc(C)c4C)CC3)c2N)c1C. The molecule has 1 aliphatic rings. The van der Waals surface area contributed by atoms with Crippen molar-refractivity contribution in [2.45, 2.75) is 27.7 Å². The van der Waals surface area contributed by atoms with Gasteiger partial charge in [0.15, 0.2) is 11.6 Å². The number of nitrogens with zero attached hydrogens (tertiary/aromatic N) is 4. The van der Waals surface area contributed by atoms with Crippen LogP contribution < -0.4 is 20.9 Å². The predicted molar refractivity (Wildman–Crippen MR) is 126 cm³/mol. The Bertz CT molecular complexity index is 1050. The largest absolute Gasteiger partial charge is 0.393 e. The van der Waals surface area contributed by atoms with Crippen LogP contribution in [0.1, 0.15) is 22.3 Å². The first kappa shape index (κ1) is 20.0. The Morgan fingerprint density at radius 2 is 1.43 bits per heavy atom. The van der Waals surface area contributed by atoms with Gasteiger partial charge in [0.25, 0.3) is 0 Å². The molecule has 3 aromatic rings. The smallest absolute Gasteiger partial charge is 0.159 e. The number of hydrogen-bond donors (Lipinski definition) is 2. The summed E-state index contributed by atoms with van der Waals surface area (Å²) >= 11 is 0. The Hall–Kier alpha value is -3.28. The van der Waals surface area contributed by atoms with Gasteiger partial charge in [0.2, 0.25) is 0 Å². The highest BCUT2D eigenvalue weighted by Crippen LogP contribution is 2.31. The van der Waals surface area contributed by atoms with Gasteiger partial charge >= 0.3 is 0 Å². The van der Waals surface area contributed by atoms with Crippen LogP contribution in [0, 0.1) is 27.7 Å². The van der Waals surface area contributed by atoms with Gasteiger partial charge in [-0.3, -0.25) is 0 Å². The van der Waals surface area contributed by atoms with E-state index in [1.165, 1.54) is 27.9 Å². The van der Waals surface area contributed by atoms with E-state index in [1.54, 1.807) is 6.33 Å². The highest BCUT2D eigenvalue weighted by molar-refractivity contribution is 5.79. The number of piperazine rings is 1. The number of nitrogens with two attached hydrogens (primary N) is 1. The van der Waals surface area contributed by atoms with Crippen molar-refractivity contribution in [2.75, 3.05) is 47.0 Å². The molecule has 0 aliphatic carbocycles. The molecule has 1 aromatic heterocycles. The van der Waals surface area contributed by atoms with Crippen LogP contribution in [-0.4, -0.2) is 36.1 Å². The Labute approximate surface area is 178 Å². The molecule has 156 valence electrons. The first-order valence-corrected chi connectivity index (χ1v) is 10.5. The molecule has 0 atom stereocenters. The number of hydrogen-bond acceptors (Lipinski definition) is 6. The third kappa shape index (κ3) is 3.77. The summed E-state index contributed by atoms with van der Waals surface area (Å²) in [5, 5.41) is 3.40. The van der Waals surface area contributed by atoms with E-state index in [4.69, 9.17) is 5.73 Å². The average Bonchev–Trinajstić information content (AvgIpc) is 2.75. The monoisotopic (exact) mass is 402 g/mol. The van der Waals surface area contributed by atoms with Crippen LogP contribution >= 0.6 is 0 Å². The topological polar surface area (TPSA) is 70.3 Å². The first-order valence-electron chi connectivity index (χ1n) is 10.5. The highest BCUT2D eigenvalue weighted by Gasteiger charge is 2.22. The van der Waals surface area contributed by atoms with Crippen molar-refractivity contribution in [1.29, 1.82) is 0 Å². The maximum Gasteiger partial charge on any atom is 0.159 e. The lowest BCUT2D eigenvalue weighted by Gasteiger charge is -2.38. The van der Waals surface area contributed by atoms with Crippen molar-refractivity contribution < 1.29 is 0 Å². The second-order valence-corrected chi connectivity index (χ2v) is 8.03. The Kier molecular flexibility index (Phi) is 5.48. The van der Waals surface area contributed by atoms with Crippen LogP contribution in [0.5, 0.6) is 0 Å². The van der Waals surface area contributed by atoms with Crippen molar-refractivity contribution in [2.24, 2.45) is 0 Å². The fraction of sp³-hybridized carbons (Fsp3) is 0.333. The molecule has 0 spiro atoms. The molecule has 1 aliphatic heterocycles. The summed E-state index contributed by atoms with van der Waals surface area (Å²) in [6.07, 6.45) is 1.59. The number of nitrogens with one attached hydrogen (secondary N) is 1. The number of anilines is 5. The maximum absolute atomic E-state index is 6.50. The van der Waals surface area contributed by atoms with Gasteiger partial charge in [-0.1, -0.05) is 24.3 Å². The van der Waals surface area contributed by atoms with Crippen LogP contribution in [0.2, 0.25) is 0 Å². The van der Waals surface area contributed by atoms with Gasteiger partial charge in [-0.25, -0.2) is 9.97 Å². The zero-order chi connectivity index (χ0) is 21.3. The summed E-state index contributed by atoms with van der Waals surface area (Å²) in [4.78, 5) is 13.6. The van der Waals surface area contributed by atoms with Crippen molar-refractivity contribution in [1.82, 2.24) is 9.97 Å². The standard InChI is InChI=1S/C24H30N6/c1-16-7-5-9-20(18(16)3)28-23-22(25)24(27-15-26-23)30-13-11-29(12-14-30)21-10-6-8-17(2)19(21)4/h5-10,15H,11-14,25H2,1-4H3,(H,26,27,28). The summed E-state index contributed by atoms with van der Waals surface area (Å²) in [7, 11) is 0. The summed E-state index contributed by atoms with van der Waals surface area (Å²) in [6.45, 7) is 12.2. The summed E-state index contributed by atoms with van der Waals surface area (Å²) in [5.74, 6) is 1.46. The first-order chi connectivity index (χ1) is 14.5. The lowest BCUT2D eigenvalue weighted by Crippen LogP contribution is -2.47. The number of rotatable bonds is 4. The minimum Gasteiger partial charge on any atom is -0.393 e. The Balaban J connectivity index is 1.51. The van der Waals surface area contributed by atoms with Gasteiger partial charge < -0.3 is 20.9 Å². The summed E-state index contributed by atoms with van der Waals surface area (Å²) in [6, 6.07) is 12.7. The van der Waals surface area contributed by atoms with Crippen LogP contribution in [0.25, 0.3) is 0 Å². The molecule has 0 amide bonds. The molecular weight excluding hydrogens is 372 g/mol. The third-order valence-electron chi connectivity index (χ3n) is 6.22. The Morgan fingerprint density at radius 3 is 2.17 bits per heavy atom. The van der Waals surface area contributed by atoms with Crippen LogP contribution in [0.3, 0.4) is 0 Å². The van der Waals surface area contributed by atoms with Crippen molar-refractivity contribution in [3.05, 3.63) is 65.0 Å². The molecule has 1 fully saturated rings. The molecular formula is C24H30N6. The Morgan fingerprint density at radius 1 is 0.800 bits per heavy atom. The minimum atomic E-state index is 0.596. The van der Waals surface area contributed by atoms with E-state index < -0.39 is 0 Å². The molecule has 0 saturated carbocycles. The van der Waals surface area contributed by atoms with E-state index in [9.17, 15) is 0 Å². The summed E-state index contributed by atoms with van der Waals surface area (Å²) in [5.41, 5.74) is 14.5. The maximum atomic E-state index is 6.50. The lowest BCUT2D eigenvalue weighted by atomic mass is 10.1. The second kappa shape index (κ2) is 8.22. The predicted octanol–water partition coefficient (Wildman–Crippen LogP) is 4.36. The normalized spacial score (nSPS) is 14.1. The molecule has 3 N–H and O–H groups in total. The zero-order valence-corrected chi connectivity index (χ0v) is 18.2. The number of benzene rings is 2. The molecule has 6 heteroatoms. The molecule has 0 radical (unpaired) electrons. The van der Waals surface area contributed by atoms with E-state index in [0.29, 0.717) is 11.5 Å². The quantitative estimate of drug-likeness (QED) is 0.676. The zero-order valence-electron chi connectivity index (χ0n) is 18.2. The van der Waals surface area contributed by atoms with Gasteiger partial charge in [0, 0.05) is 37.6 Å². The van der Waals surface area contributed by atoms with E-state index >= 15 is 0 Å². The van der Waals surface area contributed by atoms with E-state index in [1.807, 2.05) is 12.1 Å². The lowest BCUT2D eigenvalue weighted by molar-refractivity contribution is 0.646. The molecule has 2 aromatic carbocycles. The van der Waals surface area contributed by atoms with Crippen LogP contribution in [0.15, 0.2) is 42.7 Å². The van der Waals surface area contributed by atoms with Gasteiger partial charge in [-0.05, 0) is 62.1 Å². The van der Waals surface area contributed by atoms with Crippen molar-refractivity contribution in [3.8, 4) is 0 Å². The van der Waals surface area contributed by atoms with Crippen molar-refractivity contribution in [3.63, 3.8) is 0 Å². The van der Waals surface area contributed by atoms with E-state index in [0.717, 1.165) is 37.7 Å². The molecule has 6 nitrogen and oxygen atoms in total. The van der Waals surface area contributed by atoms with Crippen LogP contribution in [0.4, 0.5) is 28.7 Å². The summed E-state index contributed by atoms with van der Waals surface area (Å²) < 4.78 is 0. The number of aromatic nitrogens is 2. The molecule has 30 heavy (non-hydrogen) atoms. The molecule has 1 saturated heterocycles. The number of nitrogen functional groups attached to an aromatic ring is 1. The third-order valence-corrected chi connectivity index (χ3v) is 6.22. The molecule has 2 heterocycles. The van der Waals surface area contributed by atoms with Gasteiger partial charge in [0.1, 0.15) is 12.0 Å². The second-order valence-electron chi connectivity index (χ2n) is 8.03. The van der Waals surface area contributed by atoms with Gasteiger partial charge in [-0.2, -0.15) is 0 Å².